The van der Waals surface area contributed by atoms with Gasteiger partial charge in [-0.25, -0.2) is 0 Å². The number of nitrogens with one attached hydrogen (secondary N) is 1. The Kier molecular flexibility index (Phi) is 5.31. The van der Waals surface area contributed by atoms with E-state index >= 15 is 0 Å². The van der Waals surface area contributed by atoms with Crippen molar-refractivity contribution in [3.05, 3.63) is 35.4 Å². The Bertz CT molecular complexity index is 575. The van der Waals surface area contributed by atoms with Crippen LogP contribution in [0.4, 0.5) is 0 Å². The molecule has 1 saturated carbocycles. The molecular formula is C19H26N2O3. The topological polar surface area (TPSA) is 69.6 Å². The molecule has 1 aliphatic carbocycles. The molecule has 2 N–H and O–H groups in total. The molecular weight excluding hydrogens is 304 g/mol. The van der Waals surface area contributed by atoms with Crippen LogP contribution in [0.3, 0.4) is 0 Å². The first kappa shape index (κ1) is 17.1. The van der Waals surface area contributed by atoms with Crippen LogP contribution in [0.15, 0.2) is 24.3 Å². The third-order valence-electron chi connectivity index (χ3n) is 5.30. The molecule has 3 rings (SSSR count). The zero-order valence-electron chi connectivity index (χ0n) is 14.2. The number of hydrogen-bond acceptors (Lipinski definition) is 4. The summed E-state index contributed by atoms with van der Waals surface area (Å²) in [4.78, 5) is 25.8. The average Bonchev–Trinajstić information content (AvgIpc) is 2.86. The quantitative estimate of drug-likeness (QED) is 0.785. The van der Waals surface area contributed by atoms with Crippen molar-refractivity contribution in [2.75, 3.05) is 13.1 Å². The Labute approximate surface area is 143 Å². The minimum absolute atomic E-state index is 0.0384. The normalized spacial score (nSPS) is 21.0. The molecule has 0 unspecified atom stereocenters. The maximum Gasteiger partial charge on any atom is 0.261 e. The van der Waals surface area contributed by atoms with Crippen molar-refractivity contribution >= 4 is 11.8 Å². The fourth-order valence-corrected chi connectivity index (χ4v) is 3.80. The molecule has 1 aromatic carbocycles. The van der Waals surface area contributed by atoms with Crippen LogP contribution in [0.1, 0.15) is 59.7 Å². The summed E-state index contributed by atoms with van der Waals surface area (Å²) in [5, 5.41) is 13.6. The number of aliphatic hydroxyl groups is 1. The standard InChI is InChI=1S/C19H26N2O3/c1-13(14-7-3-2-4-8-14)20-11-15(22)12-21-18(23)16-9-5-6-10-17(16)19(21)24/h5-6,9-10,13-15,20,22H,2-4,7-8,11-12H2,1H3/t13-,15+/m1/s1. The molecule has 5 heteroatoms. The van der Waals surface area contributed by atoms with Crippen molar-refractivity contribution in [1.82, 2.24) is 10.2 Å². The van der Waals surface area contributed by atoms with Gasteiger partial charge >= 0.3 is 0 Å². The number of rotatable bonds is 6. The zero-order chi connectivity index (χ0) is 17.1. The lowest BCUT2D eigenvalue weighted by molar-refractivity contribution is 0.0537. The fourth-order valence-electron chi connectivity index (χ4n) is 3.80. The van der Waals surface area contributed by atoms with Crippen LogP contribution >= 0.6 is 0 Å². The average molecular weight is 330 g/mol. The Morgan fingerprint density at radius 1 is 1.12 bits per heavy atom. The molecule has 0 spiro atoms. The molecule has 0 aromatic heterocycles. The number of amides is 2. The van der Waals surface area contributed by atoms with E-state index in [1.165, 1.54) is 32.1 Å². The van der Waals surface area contributed by atoms with Gasteiger partial charge in [0.05, 0.1) is 23.8 Å². The summed E-state index contributed by atoms with van der Waals surface area (Å²) in [5.74, 6) is 0.0372. The van der Waals surface area contributed by atoms with E-state index in [0.29, 0.717) is 29.6 Å². The molecule has 1 fully saturated rings. The van der Waals surface area contributed by atoms with Gasteiger partial charge in [0.25, 0.3) is 11.8 Å². The highest BCUT2D eigenvalue weighted by Crippen LogP contribution is 2.26. The molecule has 2 amide bonds. The molecule has 5 nitrogen and oxygen atoms in total. The highest BCUT2D eigenvalue weighted by Gasteiger charge is 2.36. The number of fused-ring (bicyclic) bond motifs is 1. The van der Waals surface area contributed by atoms with E-state index in [2.05, 4.69) is 12.2 Å². The van der Waals surface area contributed by atoms with Gasteiger partial charge < -0.3 is 10.4 Å². The first-order valence-corrected chi connectivity index (χ1v) is 8.94. The van der Waals surface area contributed by atoms with Gasteiger partial charge in [-0.05, 0) is 37.8 Å². The van der Waals surface area contributed by atoms with Crippen molar-refractivity contribution < 1.29 is 14.7 Å². The van der Waals surface area contributed by atoms with Gasteiger partial charge in [-0.2, -0.15) is 0 Å². The lowest BCUT2D eigenvalue weighted by Gasteiger charge is -2.29. The molecule has 0 saturated heterocycles. The Morgan fingerprint density at radius 3 is 2.29 bits per heavy atom. The van der Waals surface area contributed by atoms with E-state index in [4.69, 9.17) is 0 Å². The first-order valence-electron chi connectivity index (χ1n) is 8.94. The highest BCUT2D eigenvalue weighted by atomic mass is 16.3. The fraction of sp³-hybridized carbons (Fsp3) is 0.579. The summed E-state index contributed by atoms with van der Waals surface area (Å²) < 4.78 is 0. The van der Waals surface area contributed by atoms with Gasteiger partial charge in [0, 0.05) is 12.6 Å². The predicted molar refractivity (Wildman–Crippen MR) is 91.9 cm³/mol. The van der Waals surface area contributed by atoms with Crippen molar-refractivity contribution in [2.24, 2.45) is 5.92 Å². The van der Waals surface area contributed by atoms with Gasteiger partial charge in [-0.15, -0.1) is 0 Å². The third kappa shape index (κ3) is 3.52. The number of aliphatic hydroxyl groups excluding tert-OH is 1. The summed E-state index contributed by atoms with van der Waals surface area (Å²) in [6.45, 7) is 2.59. The molecule has 1 aliphatic heterocycles. The van der Waals surface area contributed by atoms with E-state index in [1.807, 2.05) is 0 Å². The maximum atomic E-state index is 12.3. The van der Waals surface area contributed by atoms with Crippen LogP contribution in [0.2, 0.25) is 0 Å². The van der Waals surface area contributed by atoms with E-state index < -0.39 is 6.10 Å². The van der Waals surface area contributed by atoms with Gasteiger partial charge in [-0.1, -0.05) is 31.4 Å². The molecule has 0 bridgehead atoms. The Hall–Kier alpha value is -1.72. The lowest BCUT2D eigenvalue weighted by Crippen LogP contribution is -2.44. The second-order valence-corrected chi connectivity index (χ2v) is 7.02. The molecule has 2 atom stereocenters. The second-order valence-electron chi connectivity index (χ2n) is 7.02. The van der Waals surface area contributed by atoms with Crippen LogP contribution in [-0.2, 0) is 0 Å². The number of nitrogens with zero attached hydrogens (tertiary/aromatic N) is 1. The van der Waals surface area contributed by atoms with Crippen LogP contribution in [0, 0.1) is 5.92 Å². The van der Waals surface area contributed by atoms with Crippen LogP contribution in [-0.4, -0.2) is 47.1 Å². The van der Waals surface area contributed by atoms with E-state index in [1.54, 1.807) is 24.3 Å². The van der Waals surface area contributed by atoms with Gasteiger partial charge in [0.2, 0.25) is 0 Å². The van der Waals surface area contributed by atoms with Crippen molar-refractivity contribution in [3.63, 3.8) is 0 Å². The largest absolute Gasteiger partial charge is 0.390 e. The summed E-state index contributed by atoms with van der Waals surface area (Å²) >= 11 is 0. The number of carbonyl (C=O) groups is 2. The van der Waals surface area contributed by atoms with E-state index in [9.17, 15) is 14.7 Å². The van der Waals surface area contributed by atoms with E-state index in [-0.39, 0.29) is 18.4 Å². The Morgan fingerprint density at radius 2 is 1.71 bits per heavy atom. The SMILES string of the molecule is C[C@@H](NC[C@H](O)CN1C(=O)c2ccccc2C1=O)C1CCCCC1. The Balaban J connectivity index is 1.51. The lowest BCUT2D eigenvalue weighted by atomic mass is 9.84. The highest BCUT2D eigenvalue weighted by molar-refractivity contribution is 6.21. The second kappa shape index (κ2) is 7.45. The maximum absolute atomic E-state index is 12.3. The summed E-state index contributed by atoms with van der Waals surface area (Å²) in [6, 6.07) is 7.16. The van der Waals surface area contributed by atoms with Crippen molar-refractivity contribution in [1.29, 1.82) is 0 Å². The summed E-state index contributed by atoms with van der Waals surface area (Å²) in [6.07, 6.45) is 5.62. The van der Waals surface area contributed by atoms with Gasteiger partial charge in [-0.3, -0.25) is 14.5 Å². The summed E-state index contributed by atoms with van der Waals surface area (Å²) in [7, 11) is 0. The number of β-amino-alcohol motifs (C(OH)–C–C–N with tert-alkyl or cyclic N) is 1. The molecule has 1 aromatic rings. The van der Waals surface area contributed by atoms with Gasteiger partial charge in [0.1, 0.15) is 0 Å². The third-order valence-corrected chi connectivity index (χ3v) is 5.30. The molecule has 0 radical (unpaired) electrons. The molecule has 130 valence electrons. The van der Waals surface area contributed by atoms with Crippen LogP contribution < -0.4 is 5.32 Å². The van der Waals surface area contributed by atoms with Crippen molar-refractivity contribution in [3.8, 4) is 0 Å². The number of imide groups is 1. The smallest absolute Gasteiger partial charge is 0.261 e. The molecule has 2 aliphatic rings. The molecule has 1 heterocycles. The van der Waals surface area contributed by atoms with Gasteiger partial charge in [0.15, 0.2) is 0 Å². The first-order chi connectivity index (χ1) is 11.6. The minimum atomic E-state index is -0.752. The molecule has 24 heavy (non-hydrogen) atoms. The predicted octanol–water partition coefficient (Wildman–Crippen LogP) is 2.20. The zero-order valence-corrected chi connectivity index (χ0v) is 14.2. The van der Waals surface area contributed by atoms with Crippen LogP contribution in [0.25, 0.3) is 0 Å². The summed E-state index contributed by atoms with van der Waals surface area (Å²) in [5.41, 5.74) is 0.858. The minimum Gasteiger partial charge on any atom is -0.390 e. The number of carbonyl (C=O) groups excluding carboxylic acids is 2. The monoisotopic (exact) mass is 330 g/mol. The van der Waals surface area contributed by atoms with Crippen molar-refractivity contribution in [2.45, 2.75) is 51.2 Å². The van der Waals surface area contributed by atoms with E-state index in [0.717, 1.165) is 4.90 Å². The number of benzene rings is 1. The van der Waals surface area contributed by atoms with Crippen LogP contribution in [0.5, 0.6) is 0 Å². The number of hydrogen-bond donors (Lipinski definition) is 2.